The zero-order valence-corrected chi connectivity index (χ0v) is 12.8. The molecule has 22 heavy (non-hydrogen) atoms. The van der Waals surface area contributed by atoms with E-state index >= 15 is 0 Å². The van der Waals surface area contributed by atoms with Crippen molar-refractivity contribution in [3.8, 4) is 0 Å². The number of amides is 2. The molecular formula is C17H23N3O2. The molecule has 5 heteroatoms. The Morgan fingerprint density at radius 2 is 1.64 bits per heavy atom. The van der Waals surface area contributed by atoms with Gasteiger partial charge in [0.2, 0.25) is 11.8 Å². The van der Waals surface area contributed by atoms with E-state index in [1.807, 2.05) is 4.90 Å². The van der Waals surface area contributed by atoms with Crippen LogP contribution >= 0.6 is 0 Å². The van der Waals surface area contributed by atoms with E-state index in [1.165, 1.54) is 0 Å². The highest BCUT2D eigenvalue weighted by Crippen LogP contribution is 2.33. The molecule has 0 radical (unpaired) electrons. The summed E-state index contributed by atoms with van der Waals surface area (Å²) in [6.07, 6.45) is 9.21. The summed E-state index contributed by atoms with van der Waals surface area (Å²) >= 11 is 0. The van der Waals surface area contributed by atoms with Crippen molar-refractivity contribution in [2.45, 2.75) is 38.5 Å². The number of rotatable bonds is 3. The number of carbonyl (C=O) groups excluding carboxylic acids is 2. The maximum Gasteiger partial charge on any atom is 0.228 e. The van der Waals surface area contributed by atoms with Gasteiger partial charge in [-0.2, -0.15) is 0 Å². The molecule has 1 aliphatic heterocycles. The number of hydrogen-bond donors (Lipinski definition) is 1. The summed E-state index contributed by atoms with van der Waals surface area (Å²) in [7, 11) is 0. The molecule has 118 valence electrons. The molecule has 2 heterocycles. The quantitative estimate of drug-likeness (QED) is 0.932. The summed E-state index contributed by atoms with van der Waals surface area (Å²) in [5.74, 6) is -0.181. The average molecular weight is 301 g/mol. The normalized spacial score (nSPS) is 25.0. The molecule has 1 N–H and O–H groups in total. The van der Waals surface area contributed by atoms with Crippen molar-refractivity contribution in [3.63, 3.8) is 0 Å². The molecule has 2 aliphatic rings. The van der Waals surface area contributed by atoms with Gasteiger partial charge in [-0.3, -0.25) is 14.6 Å². The van der Waals surface area contributed by atoms with E-state index in [2.05, 4.69) is 10.3 Å². The van der Waals surface area contributed by atoms with Crippen molar-refractivity contribution in [2.24, 2.45) is 11.8 Å². The Kier molecular flexibility index (Phi) is 4.71. The Labute approximate surface area is 131 Å². The number of nitrogens with one attached hydrogen (secondary N) is 1. The topological polar surface area (TPSA) is 62.3 Å². The number of likely N-dealkylation sites (tertiary alicyclic amines) is 1. The Morgan fingerprint density at radius 1 is 1.00 bits per heavy atom. The summed E-state index contributed by atoms with van der Waals surface area (Å²) in [6.45, 7) is 1.71. The fraction of sp³-hybridized carbons (Fsp3) is 0.588. The van der Waals surface area contributed by atoms with Crippen LogP contribution in [0, 0.1) is 11.8 Å². The van der Waals surface area contributed by atoms with Gasteiger partial charge >= 0.3 is 0 Å². The van der Waals surface area contributed by atoms with Gasteiger partial charge in [0.15, 0.2) is 0 Å². The summed E-state index contributed by atoms with van der Waals surface area (Å²) in [6, 6.07) is 3.55. The van der Waals surface area contributed by atoms with Gasteiger partial charge in [-0.05, 0) is 37.8 Å². The molecule has 2 fully saturated rings. The van der Waals surface area contributed by atoms with Crippen molar-refractivity contribution in [2.75, 3.05) is 18.4 Å². The lowest BCUT2D eigenvalue weighted by Gasteiger charge is -2.32. The number of aromatic nitrogens is 1. The van der Waals surface area contributed by atoms with Gasteiger partial charge in [0, 0.05) is 43.0 Å². The Hall–Kier alpha value is -1.91. The molecular weight excluding hydrogens is 278 g/mol. The zero-order valence-electron chi connectivity index (χ0n) is 12.8. The minimum atomic E-state index is -0.199. The van der Waals surface area contributed by atoms with Gasteiger partial charge in [-0.25, -0.2) is 0 Å². The van der Waals surface area contributed by atoms with E-state index < -0.39 is 0 Å². The van der Waals surface area contributed by atoms with Crippen LogP contribution in [-0.4, -0.2) is 34.8 Å². The van der Waals surface area contributed by atoms with Crippen LogP contribution in [0.5, 0.6) is 0 Å². The number of pyridine rings is 1. The van der Waals surface area contributed by atoms with Crippen LogP contribution in [0.1, 0.15) is 38.5 Å². The maximum atomic E-state index is 12.7. The molecule has 1 aliphatic carbocycles. The fourth-order valence-electron chi connectivity index (χ4n) is 3.58. The number of nitrogens with zero attached hydrogens (tertiary/aromatic N) is 2. The molecule has 3 rings (SSSR count). The van der Waals surface area contributed by atoms with Crippen molar-refractivity contribution in [3.05, 3.63) is 24.5 Å². The minimum absolute atomic E-state index is 0.0246. The second-order valence-electron chi connectivity index (χ2n) is 6.25. The predicted molar refractivity (Wildman–Crippen MR) is 84.1 cm³/mol. The van der Waals surface area contributed by atoms with E-state index in [0.717, 1.165) is 57.3 Å². The Balaban J connectivity index is 1.68. The number of hydrogen-bond acceptors (Lipinski definition) is 3. The monoisotopic (exact) mass is 301 g/mol. The Bertz CT molecular complexity index is 526. The molecule has 0 aromatic carbocycles. The first-order valence-corrected chi connectivity index (χ1v) is 8.25. The van der Waals surface area contributed by atoms with Crippen LogP contribution in [0.2, 0.25) is 0 Å². The lowest BCUT2D eigenvalue weighted by atomic mass is 9.78. The average Bonchev–Trinajstić information content (AvgIpc) is 3.09. The van der Waals surface area contributed by atoms with Crippen molar-refractivity contribution in [1.29, 1.82) is 0 Å². The van der Waals surface area contributed by atoms with Gasteiger partial charge in [-0.1, -0.05) is 12.8 Å². The molecule has 0 spiro atoms. The first kappa shape index (κ1) is 15.0. The van der Waals surface area contributed by atoms with Crippen molar-refractivity contribution >= 4 is 17.5 Å². The van der Waals surface area contributed by atoms with Crippen molar-refractivity contribution < 1.29 is 9.59 Å². The van der Waals surface area contributed by atoms with Gasteiger partial charge in [0.1, 0.15) is 0 Å². The second kappa shape index (κ2) is 6.90. The lowest BCUT2D eigenvalue weighted by Crippen LogP contribution is -2.42. The highest BCUT2D eigenvalue weighted by molar-refractivity contribution is 5.96. The van der Waals surface area contributed by atoms with E-state index in [-0.39, 0.29) is 23.7 Å². The number of carbonyl (C=O) groups is 2. The molecule has 0 bridgehead atoms. The van der Waals surface area contributed by atoms with Crippen LogP contribution in [0.25, 0.3) is 0 Å². The van der Waals surface area contributed by atoms with Gasteiger partial charge in [-0.15, -0.1) is 0 Å². The summed E-state index contributed by atoms with van der Waals surface area (Å²) in [5, 5.41) is 2.94. The third-order valence-electron chi connectivity index (χ3n) is 4.79. The van der Waals surface area contributed by atoms with E-state index in [4.69, 9.17) is 0 Å². The number of anilines is 1. The zero-order chi connectivity index (χ0) is 15.4. The molecule has 1 saturated heterocycles. The third kappa shape index (κ3) is 3.29. The van der Waals surface area contributed by atoms with E-state index in [0.29, 0.717) is 0 Å². The largest absolute Gasteiger partial charge is 0.342 e. The van der Waals surface area contributed by atoms with Crippen LogP contribution < -0.4 is 5.32 Å². The second-order valence-corrected chi connectivity index (χ2v) is 6.25. The van der Waals surface area contributed by atoms with Crippen LogP contribution in [-0.2, 0) is 9.59 Å². The van der Waals surface area contributed by atoms with E-state index in [9.17, 15) is 9.59 Å². The first-order valence-electron chi connectivity index (χ1n) is 8.25. The highest BCUT2D eigenvalue weighted by atomic mass is 16.2. The van der Waals surface area contributed by atoms with Gasteiger partial charge in [0.05, 0.1) is 0 Å². The van der Waals surface area contributed by atoms with Gasteiger partial charge < -0.3 is 10.2 Å². The van der Waals surface area contributed by atoms with Crippen LogP contribution in [0.3, 0.4) is 0 Å². The summed E-state index contributed by atoms with van der Waals surface area (Å²) in [5.41, 5.74) is 0.748. The molecule has 2 amide bonds. The predicted octanol–water partition coefficient (Wildman–Crippen LogP) is 2.45. The maximum absolute atomic E-state index is 12.7. The van der Waals surface area contributed by atoms with Crippen LogP contribution in [0.4, 0.5) is 5.69 Å². The first-order chi connectivity index (χ1) is 10.8. The van der Waals surface area contributed by atoms with E-state index in [1.54, 1.807) is 24.5 Å². The molecule has 1 saturated carbocycles. The lowest BCUT2D eigenvalue weighted by molar-refractivity contribution is -0.141. The smallest absolute Gasteiger partial charge is 0.228 e. The standard InChI is InChI=1S/C17H23N3O2/c21-16(19-13-7-9-18-10-8-13)14-5-1-2-6-15(14)17(22)20-11-3-4-12-20/h7-10,14-15H,1-6,11-12H2,(H,18,19,21). The molecule has 5 nitrogen and oxygen atoms in total. The molecule has 2 unspecified atom stereocenters. The van der Waals surface area contributed by atoms with Gasteiger partial charge in [0.25, 0.3) is 0 Å². The van der Waals surface area contributed by atoms with Crippen LogP contribution in [0.15, 0.2) is 24.5 Å². The fourth-order valence-corrected chi connectivity index (χ4v) is 3.58. The van der Waals surface area contributed by atoms with Crippen molar-refractivity contribution in [1.82, 2.24) is 9.88 Å². The third-order valence-corrected chi connectivity index (χ3v) is 4.79. The summed E-state index contributed by atoms with van der Waals surface area (Å²) < 4.78 is 0. The summed E-state index contributed by atoms with van der Waals surface area (Å²) in [4.78, 5) is 31.2. The Morgan fingerprint density at radius 3 is 2.32 bits per heavy atom. The molecule has 1 aromatic heterocycles. The SMILES string of the molecule is O=C(Nc1ccncc1)C1CCCCC1C(=O)N1CCCC1. The molecule has 2 atom stereocenters. The minimum Gasteiger partial charge on any atom is -0.342 e. The molecule has 1 aromatic rings. The highest BCUT2D eigenvalue weighted by Gasteiger charge is 2.38.